The largest absolute Gasteiger partial charge is 0.668 e. The summed E-state index contributed by atoms with van der Waals surface area (Å²) in [5.74, 6) is 1.88. The minimum atomic E-state index is -0.599. The molecule has 2 heterocycles. The molecule has 6 N–H and O–H groups in total. The monoisotopic (exact) mass is 564 g/mol. The second kappa shape index (κ2) is 15.8. The van der Waals surface area contributed by atoms with E-state index in [0.29, 0.717) is 49.8 Å². The number of aliphatic hydroxyl groups is 3. The lowest BCUT2D eigenvalue weighted by Gasteiger charge is -2.24. The van der Waals surface area contributed by atoms with Crippen LogP contribution in [0.3, 0.4) is 0 Å². The number of nitrogen functional groups attached to an aromatic ring is 1. The van der Waals surface area contributed by atoms with E-state index >= 15 is 0 Å². The zero-order valence-corrected chi connectivity index (χ0v) is 23.9. The molecule has 1 aliphatic carbocycles. The Kier molecular flexibility index (Phi) is 11.9. The van der Waals surface area contributed by atoms with Gasteiger partial charge in [0.15, 0.2) is 11.5 Å². The molecule has 3 aromatic rings. The molecule has 0 spiro atoms. The zero-order chi connectivity index (χ0) is 29.0. The first-order valence-electron chi connectivity index (χ1n) is 15.1. The molecule has 0 radical (unpaired) electrons. The van der Waals surface area contributed by atoms with Crippen molar-refractivity contribution in [1.82, 2.24) is 9.97 Å². The Morgan fingerprint density at radius 2 is 1.93 bits per heavy atom. The van der Waals surface area contributed by atoms with Crippen LogP contribution < -0.4 is 15.5 Å². The molecule has 1 fully saturated rings. The first-order valence-corrected chi connectivity index (χ1v) is 15.1. The van der Waals surface area contributed by atoms with Crippen molar-refractivity contribution in [1.29, 1.82) is 0 Å². The Bertz CT molecular complexity index is 1170. The summed E-state index contributed by atoms with van der Waals surface area (Å²) in [6, 6.07) is 13.1. The number of phenols is 1. The number of hydrogen-bond acceptors (Lipinski definition) is 7. The topological polar surface area (TPSA) is 143 Å². The number of nitrogens with zero attached hydrogens (tertiary/aromatic N) is 2. The normalized spacial score (nSPS) is 19.8. The fourth-order valence-electron chi connectivity index (χ4n) is 6.14. The van der Waals surface area contributed by atoms with E-state index in [1.807, 2.05) is 36.4 Å². The quantitative estimate of drug-likeness (QED) is 0.167. The molecule has 0 bridgehead atoms. The van der Waals surface area contributed by atoms with E-state index in [0.717, 1.165) is 61.8 Å². The number of aliphatic hydroxyl groups excluding tert-OH is 3. The highest BCUT2D eigenvalue weighted by molar-refractivity contribution is 5.42. The summed E-state index contributed by atoms with van der Waals surface area (Å²) in [4.78, 5) is 8.53. The Morgan fingerprint density at radius 1 is 1.05 bits per heavy atom. The fraction of sp³-hybridized carbons (Fsp3) is 0.545. The van der Waals surface area contributed by atoms with Crippen molar-refractivity contribution in [3.8, 4) is 11.5 Å². The summed E-state index contributed by atoms with van der Waals surface area (Å²) < 4.78 is 6.03. The number of hydrogen-bond donors (Lipinski definition) is 5. The van der Waals surface area contributed by atoms with Crippen LogP contribution >= 0.6 is 0 Å². The molecular weight excluding hydrogens is 518 g/mol. The van der Waals surface area contributed by atoms with Gasteiger partial charge in [0.2, 0.25) is 0 Å². The van der Waals surface area contributed by atoms with E-state index < -0.39 is 12.2 Å². The van der Waals surface area contributed by atoms with Crippen LogP contribution in [0.2, 0.25) is 0 Å². The van der Waals surface area contributed by atoms with E-state index in [1.54, 1.807) is 18.5 Å². The second-order valence-electron chi connectivity index (χ2n) is 11.6. The van der Waals surface area contributed by atoms with Crippen molar-refractivity contribution in [2.75, 3.05) is 18.9 Å². The zero-order valence-electron chi connectivity index (χ0n) is 23.9. The molecule has 8 heteroatoms. The third-order valence-corrected chi connectivity index (χ3v) is 8.59. The smallest absolute Gasteiger partial charge is 0.161 e. The first-order chi connectivity index (χ1) is 19.9. The van der Waals surface area contributed by atoms with Crippen molar-refractivity contribution in [2.24, 2.45) is 11.8 Å². The molecule has 224 valence electrons. The van der Waals surface area contributed by atoms with Gasteiger partial charge in [-0.25, -0.2) is 4.98 Å². The molecule has 0 aliphatic heterocycles. The number of rotatable bonds is 15. The van der Waals surface area contributed by atoms with Gasteiger partial charge in [0.1, 0.15) is 5.82 Å². The van der Waals surface area contributed by atoms with Gasteiger partial charge in [-0.2, -0.15) is 11.9 Å². The van der Waals surface area contributed by atoms with Gasteiger partial charge < -0.3 is 35.9 Å². The summed E-state index contributed by atoms with van der Waals surface area (Å²) in [5, 5.41) is 41.1. The SMILES string of the molecule is Nc1cc(C(CCOc2cc(CCC(O)CC(O)C3CCCC(CCO)CC3)ccc2O)Cc2ccc[n-]2)ccn1. The van der Waals surface area contributed by atoms with Crippen LogP contribution in [0.25, 0.3) is 0 Å². The van der Waals surface area contributed by atoms with Gasteiger partial charge in [0, 0.05) is 12.8 Å². The van der Waals surface area contributed by atoms with Crippen LogP contribution in [0.5, 0.6) is 11.5 Å². The minimum Gasteiger partial charge on any atom is -0.668 e. The van der Waals surface area contributed by atoms with Gasteiger partial charge in [-0.3, -0.25) is 0 Å². The van der Waals surface area contributed by atoms with Crippen molar-refractivity contribution in [2.45, 2.75) is 88.8 Å². The standard InChI is InChI=1S/C33H46N3O5/c34-33-21-26(12-16-36-33)27(20-28-5-2-15-35-28)14-18-41-32-19-24(8-11-30(32)39)7-10-29(38)22-31(40)25-4-1-3-23(6-9-25)13-17-37/h2,5,8,11-12,15-16,19,21,23,25,27,29,31,37-40H,1,3-4,6-7,9-10,13-14,17-18,20,22H2,(H2,34,36)/q-1. The van der Waals surface area contributed by atoms with E-state index in [2.05, 4.69) is 9.97 Å². The Hall–Kier alpha value is -3.07. The molecule has 1 saturated carbocycles. The molecule has 0 saturated heterocycles. The van der Waals surface area contributed by atoms with Crippen LogP contribution in [0, 0.1) is 11.8 Å². The molecule has 41 heavy (non-hydrogen) atoms. The number of benzene rings is 1. The summed E-state index contributed by atoms with van der Waals surface area (Å²) in [6.07, 6.45) is 11.4. The number of nitrogens with two attached hydrogens (primary N) is 1. The molecule has 4 rings (SSSR count). The predicted molar refractivity (Wildman–Crippen MR) is 160 cm³/mol. The van der Waals surface area contributed by atoms with Gasteiger partial charge in [0.05, 0.1) is 18.8 Å². The summed E-state index contributed by atoms with van der Waals surface area (Å²) in [6.45, 7) is 0.634. The fourth-order valence-corrected chi connectivity index (χ4v) is 6.14. The van der Waals surface area contributed by atoms with Gasteiger partial charge in [-0.05, 0) is 105 Å². The lowest BCUT2D eigenvalue weighted by atomic mass is 9.89. The van der Waals surface area contributed by atoms with Gasteiger partial charge in [-0.15, -0.1) is 0 Å². The average Bonchev–Trinajstić information content (AvgIpc) is 3.36. The average molecular weight is 565 g/mol. The number of aromatic nitrogens is 2. The first kappa shape index (κ1) is 30.9. The maximum absolute atomic E-state index is 10.8. The number of ether oxygens (including phenoxy) is 1. The van der Waals surface area contributed by atoms with Crippen LogP contribution in [-0.4, -0.2) is 50.8 Å². The van der Waals surface area contributed by atoms with E-state index in [-0.39, 0.29) is 24.2 Å². The van der Waals surface area contributed by atoms with Gasteiger partial charge >= 0.3 is 0 Å². The van der Waals surface area contributed by atoms with E-state index in [9.17, 15) is 20.4 Å². The van der Waals surface area contributed by atoms with Crippen LogP contribution in [-0.2, 0) is 12.8 Å². The summed E-state index contributed by atoms with van der Waals surface area (Å²) in [7, 11) is 0. The second-order valence-corrected chi connectivity index (χ2v) is 11.6. The van der Waals surface area contributed by atoms with Gasteiger partial charge in [0.25, 0.3) is 0 Å². The summed E-state index contributed by atoms with van der Waals surface area (Å²) >= 11 is 0. The van der Waals surface area contributed by atoms with E-state index in [1.165, 1.54) is 0 Å². The highest BCUT2D eigenvalue weighted by atomic mass is 16.5. The molecule has 2 aromatic heterocycles. The van der Waals surface area contributed by atoms with Crippen molar-refractivity contribution in [3.63, 3.8) is 0 Å². The van der Waals surface area contributed by atoms with Crippen LogP contribution in [0.4, 0.5) is 5.82 Å². The molecule has 1 aliphatic rings. The van der Waals surface area contributed by atoms with Crippen molar-refractivity contribution < 1.29 is 25.2 Å². The predicted octanol–water partition coefficient (Wildman–Crippen LogP) is 4.75. The van der Waals surface area contributed by atoms with Gasteiger partial charge in [-0.1, -0.05) is 37.5 Å². The number of phenolic OH excluding ortho intramolecular Hbond substituents is 1. The summed E-state index contributed by atoms with van der Waals surface area (Å²) in [5.41, 5.74) is 8.98. The Labute approximate surface area is 243 Å². The lowest BCUT2D eigenvalue weighted by Crippen LogP contribution is -2.26. The minimum absolute atomic E-state index is 0.0833. The molecule has 0 amide bonds. The third kappa shape index (κ3) is 9.76. The Balaban J connectivity index is 1.26. The molecule has 5 unspecified atom stereocenters. The third-order valence-electron chi connectivity index (χ3n) is 8.59. The number of aryl methyl sites for hydroxylation is 1. The molecule has 5 atom stereocenters. The van der Waals surface area contributed by atoms with Crippen LogP contribution in [0.15, 0.2) is 54.9 Å². The van der Waals surface area contributed by atoms with Crippen LogP contribution in [0.1, 0.15) is 80.5 Å². The number of aromatic hydroxyl groups is 1. The Morgan fingerprint density at radius 3 is 2.71 bits per heavy atom. The highest BCUT2D eigenvalue weighted by Crippen LogP contribution is 2.33. The number of anilines is 1. The maximum Gasteiger partial charge on any atom is 0.161 e. The molecule has 1 aromatic carbocycles. The maximum atomic E-state index is 10.8. The molecule has 8 nitrogen and oxygen atoms in total. The van der Waals surface area contributed by atoms with E-state index in [4.69, 9.17) is 10.5 Å². The van der Waals surface area contributed by atoms with Crippen molar-refractivity contribution >= 4 is 5.82 Å². The number of pyridine rings is 1. The lowest BCUT2D eigenvalue weighted by molar-refractivity contribution is 0.0351. The van der Waals surface area contributed by atoms with Crippen molar-refractivity contribution in [3.05, 3.63) is 71.7 Å². The highest BCUT2D eigenvalue weighted by Gasteiger charge is 2.26. The molecular formula is C33H46N3O5-.